The van der Waals surface area contributed by atoms with E-state index in [0.717, 1.165) is 25.9 Å². The van der Waals surface area contributed by atoms with E-state index in [1.165, 1.54) is 6.26 Å². The number of carbonyl (C=O) groups excluding carboxylic acids is 2. The molecule has 2 N–H and O–H groups in total. The van der Waals surface area contributed by atoms with Gasteiger partial charge in [-0.05, 0) is 46.1 Å². The molecule has 2 amide bonds. The number of alkyl carbamates (subject to hydrolysis) is 1. The Kier molecular flexibility index (Phi) is 6.25. The van der Waals surface area contributed by atoms with Crippen LogP contribution in [0.4, 0.5) is 4.79 Å². The lowest BCUT2D eigenvalue weighted by Gasteiger charge is -2.19. The summed E-state index contributed by atoms with van der Waals surface area (Å²) in [5.41, 5.74) is -0.121. The number of hydrogen-bond acceptors (Lipinski definition) is 5. The van der Waals surface area contributed by atoms with Crippen LogP contribution in [-0.4, -0.2) is 36.9 Å². The number of carbonyl (C=O) groups is 2. The SMILES string of the molecule is CC(C)(C)OC(=O)NCc1cc(C(=O)NCC[C@H]2CCCO2)co1. The molecule has 2 heterocycles. The average molecular weight is 338 g/mol. The summed E-state index contributed by atoms with van der Waals surface area (Å²) in [5.74, 6) is 0.297. The normalized spacial score (nSPS) is 17.5. The van der Waals surface area contributed by atoms with E-state index in [0.29, 0.717) is 17.9 Å². The van der Waals surface area contributed by atoms with Crippen LogP contribution < -0.4 is 10.6 Å². The standard InChI is InChI=1S/C17H26N2O5/c1-17(2,3)24-16(21)19-10-14-9-12(11-23-14)15(20)18-7-6-13-5-4-8-22-13/h9,11,13H,4-8,10H2,1-3H3,(H,18,20)(H,19,21)/t13-/m1/s1. The topological polar surface area (TPSA) is 89.8 Å². The maximum atomic E-state index is 12.0. The molecule has 0 aliphatic carbocycles. The Balaban J connectivity index is 1.71. The molecule has 134 valence electrons. The summed E-state index contributed by atoms with van der Waals surface area (Å²) in [6.07, 6.45) is 4.07. The minimum atomic E-state index is -0.554. The van der Waals surface area contributed by atoms with Crippen LogP contribution in [0.25, 0.3) is 0 Å². The van der Waals surface area contributed by atoms with E-state index >= 15 is 0 Å². The highest BCUT2D eigenvalue weighted by atomic mass is 16.6. The van der Waals surface area contributed by atoms with Gasteiger partial charge in [0.2, 0.25) is 0 Å². The van der Waals surface area contributed by atoms with Crippen LogP contribution in [0.2, 0.25) is 0 Å². The van der Waals surface area contributed by atoms with Gasteiger partial charge in [-0.25, -0.2) is 4.79 Å². The monoisotopic (exact) mass is 338 g/mol. The third-order valence-electron chi connectivity index (χ3n) is 3.50. The van der Waals surface area contributed by atoms with Crippen molar-refractivity contribution in [1.82, 2.24) is 10.6 Å². The Bertz CT molecular complexity index is 556. The molecule has 1 atom stereocenters. The molecule has 0 radical (unpaired) electrons. The molecule has 1 saturated heterocycles. The van der Waals surface area contributed by atoms with Crippen molar-refractivity contribution in [3.05, 3.63) is 23.7 Å². The number of nitrogens with one attached hydrogen (secondary N) is 2. The van der Waals surface area contributed by atoms with E-state index < -0.39 is 11.7 Å². The largest absolute Gasteiger partial charge is 0.467 e. The quantitative estimate of drug-likeness (QED) is 0.832. The first-order chi connectivity index (χ1) is 11.3. The van der Waals surface area contributed by atoms with Gasteiger partial charge in [-0.15, -0.1) is 0 Å². The van der Waals surface area contributed by atoms with E-state index in [1.54, 1.807) is 26.8 Å². The maximum absolute atomic E-state index is 12.0. The summed E-state index contributed by atoms with van der Waals surface area (Å²) in [5, 5.41) is 5.43. The van der Waals surface area contributed by atoms with Gasteiger partial charge >= 0.3 is 6.09 Å². The van der Waals surface area contributed by atoms with Crippen molar-refractivity contribution in [1.29, 1.82) is 0 Å². The van der Waals surface area contributed by atoms with Gasteiger partial charge in [0.05, 0.1) is 18.2 Å². The molecule has 7 nitrogen and oxygen atoms in total. The van der Waals surface area contributed by atoms with Crippen LogP contribution in [-0.2, 0) is 16.0 Å². The van der Waals surface area contributed by atoms with Gasteiger partial charge in [0.15, 0.2) is 0 Å². The van der Waals surface area contributed by atoms with Gasteiger partial charge < -0.3 is 24.5 Å². The number of ether oxygens (including phenoxy) is 2. The Morgan fingerprint density at radius 3 is 2.79 bits per heavy atom. The van der Waals surface area contributed by atoms with Crippen molar-refractivity contribution in [2.24, 2.45) is 0 Å². The molecular formula is C17H26N2O5. The molecule has 0 aromatic carbocycles. The van der Waals surface area contributed by atoms with Gasteiger partial charge in [0, 0.05) is 13.2 Å². The Morgan fingerprint density at radius 1 is 1.33 bits per heavy atom. The van der Waals surface area contributed by atoms with Crippen molar-refractivity contribution in [3.8, 4) is 0 Å². The molecule has 0 bridgehead atoms. The van der Waals surface area contributed by atoms with Gasteiger partial charge in [-0.2, -0.15) is 0 Å². The lowest BCUT2D eigenvalue weighted by Crippen LogP contribution is -2.32. The molecule has 0 saturated carbocycles. The smallest absolute Gasteiger partial charge is 0.408 e. The van der Waals surface area contributed by atoms with Crippen molar-refractivity contribution >= 4 is 12.0 Å². The Morgan fingerprint density at radius 2 is 2.12 bits per heavy atom. The second-order valence-electron chi connectivity index (χ2n) is 6.84. The van der Waals surface area contributed by atoms with Crippen molar-refractivity contribution in [2.75, 3.05) is 13.2 Å². The number of furan rings is 1. The van der Waals surface area contributed by atoms with Crippen LogP contribution in [0.5, 0.6) is 0 Å². The van der Waals surface area contributed by atoms with E-state index in [-0.39, 0.29) is 18.6 Å². The minimum Gasteiger partial charge on any atom is -0.467 e. The highest BCUT2D eigenvalue weighted by Crippen LogP contribution is 2.14. The number of amides is 2. The molecule has 1 fully saturated rings. The Labute approximate surface area is 142 Å². The lowest BCUT2D eigenvalue weighted by molar-refractivity contribution is 0.0519. The van der Waals surface area contributed by atoms with Crippen LogP contribution in [0.15, 0.2) is 16.7 Å². The average Bonchev–Trinajstić information content (AvgIpc) is 3.14. The molecule has 24 heavy (non-hydrogen) atoms. The minimum absolute atomic E-state index is 0.165. The summed E-state index contributed by atoms with van der Waals surface area (Å²) in [7, 11) is 0. The summed E-state index contributed by atoms with van der Waals surface area (Å²) in [6.45, 7) is 6.92. The second kappa shape index (κ2) is 8.19. The zero-order chi connectivity index (χ0) is 17.6. The summed E-state index contributed by atoms with van der Waals surface area (Å²) in [6, 6.07) is 1.61. The summed E-state index contributed by atoms with van der Waals surface area (Å²) >= 11 is 0. The fourth-order valence-electron chi connectivity index (χ4n) is 2.39. The van der Waals surface area contributed by atoms with Crippen LogP contribution in [0.1, 0.15) is 56.2 Å². The molecule has 0 unspecified atom stereocenters. The van der Waals surface area contributed by atoms with E-state index in [1.807, 2.05) is 0 Å². The van der Waals surface area contributed by atoms with Crippen LogP contribution in [0, 0.1) is 0 Å². The molecule has 1 aromatic rings. The second-order valence-corrected chi connectivity index (χ2v) is 6.84. The highest BCUT2D eigenvalue weighted by Gasteiger charge is 2.18. The summed E-state index contributed by atoms with van der Waals surface area (Å²) in [4.78, 5) is 23.6. The van der Waals surface area contributed by atoms with E-state index in [2.05, 4.69) is 10.6 Å². The zero-order valence-electron chi connectivity index (χ0n) is 14.5. The first-order valence-corrected chi connectivity index (χ1v) is 8.27. The van der Waals surface area contributed by atoms with Gasteiger partial charge in [0.1, 0.15) is 17.6 Å². The molecule has 0 spiro atoms. The first kappa shape index (κ1) is 18.3. The predicted molar refractivity (Wildman–Crippen MR) is 87.7 cm³/mol. The Hall–Kier alpha value is -2.02. The van der Waals surface area contributed by atoms with Crippen molar-refractivity contribution in [3.63, 3.8) is 0 Å². The van der Waals surface area contributed by atoms with Crippen LogP contribution >= 0.6 is 0 Å². The van der Waals surface area contributed by atoms with Gasteiger partial charge in [0.25, 0.3) is 5.91 Å². The molecule has 1 aromatic heterocycles. The number of rotatable bonds is 6. The lowest BCUT2D eigenvalue weighted by atomic mass is 10.2. The zero-order valence-corrected chi connectivity index (χ0v) is 14.5. The third-order valence-corrected chi connectivity index (χ3v) is 3.50. The van der Waals surface area contributed by atoms with Crippen molar-refractivity contribution < 1.29 is 23.5 Å². The highest BCUT2D eigenvalue weighted by molar-refractivity contribution is 5.93. The maximum Gasteiger partial charge on any atom is 0.408 e. The van der Waals surface area contributed by atoms with E-state index in [4.69, 9.17) is 13.9 Å². The fourth-order valence-corrected chi connectivity index (χ4v) is 2.39. The molecular weight excluding hydrogens is 312 g/mol. The molecule has 7 heteroatoms. The van der Waals surface area contributed by atoms with Crippen molar-refractivity contribution in [2.45, 2.75) is 58.3 Å². The van der Waals surface area contributed by atoms with Gasteiger partial charge in [-0.1, -0.05) is 0 Å². The third kappa shape index (κ3) is 6.23. The molecule has 1 aliphatic rings. The first-order valence-electron chi connectivity index (χ1n) is 8.27. The fraction of sp³-hybridized carbons (Fsp3) is 0.647. The van der Waals surface area contributed by atoms with E-state index in [9.17, 15) is 9.59 Å². The summed E-state index contributed by atoms with van der Waals surface area (Å²) < 4.78 is 15.9. The molecule has 1 aliphatic heterocycles. The van der Waals surface area contributed by atoms with Crippen LogP contribution in [0.3, 0.4) is 0 Å². The predicted octanol–water partition coefficient (Wildman–Crippen LogP) is 2.60. The molecule has 2 rings (SSSR count). The van der Waals surface area contributed by atoms with Gasteiger partial charge in [-0.3, -0.25) is 4.79 Å². The number of hydrogen-bond donors (Lipinski definition) is 2.